The van der Waals surface area contributed by atoms with Crippen molar-refractivity contribution in [1.29, 1.82) is 0 Å². The molecule has 0 aliphatic carbocycles. The van der Waals surface area contributed by atoms with Crippen LogP contribution in [0.5, 0.6) is 11.5 Å². The summed E-state index contributed by atoms with van der Waals surface area (Å²) in [5, 5.41) is 3.14. The molecule has 4 rings (SSSR count). The van der Waals surface area contributed by atoms with Crippen molar-refractivity contribution in [1.82, 2.24) is 4.98 Å². The topological polar surface area (TPSA) is 86.8 Å². The third kappa shape index (κ3) is 2.76. The van der Waals surface area contributed by atoms with E-state index in [1.165, 1.54) is 18.4 Å². The Morgan fingerprint density at radius 2 is 1.88 bits per heavy atom. The second kappa shape index (κ2) is 6.06. The lowest BCUT2D eigenvalue weighted by molar-refractivity contribution is 0.0597. The quantitative estimate of drug-likeness (QED) is 0.726. The van der Waals surface area contributed by atoms with E-state index in [-0.39, 0.29) is 17.9 Å². The van der Waals surface area contributed by atoms with Crippen molar-refractivity contribution >= 4 is 38.6 Å². The first-order valence-electron chi connectivity index (χ1n) is 7.34. The number of benzene rings is 2. The maximum Gasteiger partial charge on any atom is 0.338 e. The van der Waals surface area contributed by atoms with E-state index in [9.17, 15) is 9.59 Å². The molecule has 8 heteroatoms. The maximum atomic E-state index is 12.5. The van der Waals surface area contributed by atoms with Crippen LogP contribution in [0.25, 0.3) is 10.2 Å². The van der Waals surface area contributed by atoms with Gasteiger partial charge >= 0.3 is 5.97 Å². The van der Waals surface area contributed by atoms with Gasteiger partial charge in [0, 0.05) is 12.1 Å². The molecule has 0 radical (unpaired) electrons. The van der Waals surface area contributed by atoms with E-state index in [0.717, 1.165) is 4.70 Å². The van der Waals surface area contributed by atoms with Crippen molar-refractivity contribution < 1.29 is 23.8 Å². The Labute approximate surface area is 146 Å². The molecule has 3 aromatic rings. The van der Waals surface area contributed by atoms with E-state index < -0.39 is 11.9 Å². The van der Waals surface area contributed by atoms with E-state index in [0.29, 0.717) is 22.1 Å². The Hall–Kier alpha value is -3.13. The number of aromatic nitrogens is 1. The summed E-state index contributed by atoms with van der Waals surface area (Å²) in [6.45, 7) is 0.195. The molecule has 1 N–H and O–H groups in total. The van der Waals surface area contributed by atoms with Gasteiger partial charge in [0.15, 0.2) is 16.6 Å². The van der Waals surface area contributed by atoms with E-state index in [2.05, 4.69) is 10.3 Å². The van der Waals surface area contributed by atoms with Crippen molar-refractivity contribution in [2.75, 3.05) is 19.2 Å². The van der Waals surface area contributed by atoms with Gasteiger partial charge in [0.1, 0.15) is 0 Å². The maximum absolute atomic E-state index is 12.5. The van der Waals surface area contributed by atoms with Crippen molar-refractivity contribution in [2.45, 2.75) is 0 Å². The van der Waals surface area contributed by atoms with Gasteiger partial charge in [-0.3, -0.25) is 10.1 Å². The molecule has 1 aromatic heterocycles. The molecule has 2 heterocycles. The van der Waals surface area contributed by atoms with Gasteiger partial charge in [0.25, 0.3) is 5.91 Å². The number of hydrogen-bond acceptors (Lipinski definition) is 7. The zero-order valence-electron chi connectivity index (χ0n) is 13.1. The van der Waals surface area contributed by atoms with Crippen LogP contribution in [0.15, 0.2) is 36.4 Å². The number of fused-ring (bicyclic) bond motifs is 2. The molecule has 0 spiro atoms. The fourth-order valence-corrected chi connectivity index (χ4v) is 3.38. The Balaban J connectivity index is 1.63. The smallest absolute Gasteiger partial charge is 0.338 e. The van der Waals surface area contributed by atoms with Crippen LogP contribution in [0.2, 0.25) is 0 Å². The Kier molecular flexibility index (Phi) is 3.73. The number of nitrogens with one attached hydrogen (secondary N) is 1. The summed E-state index contributed by atoms with van der Waals surface area (Å²) in [6.07, 6.45) is 0. The molecule has 7 nitrogen and oxygen atoms in total. The fourth-order valence-electron chi connectivity index (χ4n) is 2.51. The van der Waals surface area contributed by atoms with Gasteiger partial charge in [-0.15, -0.1) is 0 Å². The second-order valence-electron chi connectivity index (χ2n) is 5.18. The van der Waals surface area contributed by atoms with E-state index in [4.69, 9.17) is 14.2 Å². The molecule has 25 heavy (non-hydrogen) atoms. The first-order chi connectivity index (χ1) is 12.2. The number of amides is 1. The summed E-state index contributed by atoms with van der Waals surface area (Å²) in [7, 11) is 1.27. The van der Waals surface area contributed by atoms with Crippen LogP contribution in [0.4, 0.5) is 5.13 Å². The van der Waals surface area contributed by atoms with Gasteiger partial charge in [-0.2, -0.15) is 0 Å². The number of anilines is 1. The molecule has 0 unspecified atom stereocenters. The largest absolute Gasteiger partial charge is 0.465 e. The van der Waals surface area contributed by atoms with Crippen LogP contribution in [0.1, 0.15) is 20.7 Å². The lowest BCUT2D eigenvalue weighted by Gasteiger charge is -2.06. The van der Waals surface area contributed by atoms with E-state index in [1.54, 1.807) is 30.3 Å². The third-order valence-corrected chi connectivity index (χ3v) is 4.61. The van der Waals surface area contributed by atoms with E-state index in [1.807, 2.05) is 6.07 Å². The predicted octanol–water partition coefficient (Wildman–Crippen LogP) is 3.06. The molecule has 1 aliphatic heterocycles. The molecular weight excluding hydrogens is 344 g/mol. The highest BCUT2D eigenvalue weighted by molar-refractivity contribution is 7.22. The van der Waals surface area contributed by atoms with Crippen LogP contribution in [0.3, 0.4) is 0 Å². The number of carbonyl (C=O) groups excluding carboxylic acids is 2. The highest BCUT2D eigenvalue weighted by atomic mass is 32.1. The second-order valence-corrected chi connectivity index (χ2v) is 6.21. The first-order valence-corrected chi connectivity index (χ1v) is 8.16. The zero-order valence-corrected chi connectivity index (χ0v) is 13.9. The summed E-state index contributed by atoms with van der Waals surface area (Å²) in [5.74, 6) is 0.289. The van der Waals surface area contributed by atoms with Gasteiger partial charge in [-0.25, -0.2) is 9.78 Å². The van der Waals surface area contributed by atoms with Crippen LogP contribution in [-0.4, -0.2) is 30.8 Å². The number of thiazole rings is 1. The first kappa shape index (κ1) is 15.4. The molecule has 0 bridgehead atoms. The summed E-state index contributed by atoms with van der Waals surface area (Å²) >= 11 is 1.31. The summed E-state index contributed by atoms with van der Waals surface area (Å²) in [6, 6.07) is 10.0. The number of carbonyl (C=O) groups is 2. The molecule has 0 saturated heterocycles. The monoisotopic (exact) mass is 356 g/mol. The van der Waals surface area contributed by atoms with Gasteiger partial charge in [0.05, 0.1) is 28.5 Å². The number of esters is 1. The van der Waals surface area contributed by atoms with Crippen molar-refractivity contribution in [3.63, 3.8) is 0 Å². The van der Waals surface area contributed by atoms with Gasteiger partial charge < -0.3 is 14.2 Å². The van der Waals surface area contributed by atoms with E-state index >= 15 is 0 Å². The van der Waals surface area contributed by atoms with Crippen LogP contribution < -0.4 is 14.8 Å². The highest BCUT2D eigenvalue weighted by Gasteiger charge is 2.20. The van der Waals surface area contributed by atoms with Gasteiger partial charge in [-0.1, -0.05) is 23.5 Å². The predicted molar refractivity (Wildman–Crippen MR) is 91.5 cm³/mol. The fraction of sp³-hybridized carbons (Fsp3) is 0.118. The molecular formula is C17H12N2O5S. The normalized spacial score (nSPS) is 12.2. The Bertz CT molecular complexity index is 957. The van der Waals surface area contributed by atoms with Crippen molar-refractivity contribution in [3.8, 4) is 11.5 Å². The minimum absolute atomic E-state index is 0.195. The Morgan fingerprint density at radius 1 is 1.16 bits per heavy atom. The van der Waals surface area contributed by atoms with Crippen LogP contribution >= 0.6 is 11.3 Å². The van der Waals surface area contributed by atoms with Crippen molar-refractivity contribution in [2.24, 2.45) is 0 Å². The molecule has 1 amide bonds. The number of ether oxygens (including phenoxy) is 3. The molecule has 126 valence electrons. The van der Waals surface area contributed by atoms with Crippen molar-refractivity contribution in [3.05, 3.63) is 47.5 Å². The standard InChI is InChI=1S/C17H12N2O5S/c1-22-16(21)10-5-3-2-4-9(10)15(20)19-17-18-11-6-12-13(24-8-23-12)7-14(11)25-17/h2-7H,8H2,1H3,(H,18,19,20). The average Bonchev–Trinajstić information content (AvgIpc) is 3.23. The molecule has 2 aromatic carbocycles. The Morgan fingerprint density at radius 3 is 2.64 bits per heavy atom. The van der Waals surface area contributed by atoms with Crippen LogP contribution in [-0.2, 0) is 4.74 Å². The molecule has 0 atom stereocenters. The lowest BCUT2D eigenvalue weighted by Crippen LogP contribution is -2.16. The van der Waals surface area contributed by atoms with Gasteiger partial charge in [-0.05, 0) is 12.1 Å². The SMILES string of the molecule is COC(=O)c1ccccc1C(=O)Nc1nc2cc3c(cc2s1)OCO3. The summed E-state index contributed by atoms with van der Waals surface area (Å²) < 4.78 is 16.2. The summed E-state index contributed by atoms with van der Waals surface area (Å²) in [4.78, 5) is 28.7. The zero-order chi connectivity index (χ0) is 17.4. The average molecular weight is 356 g/mol. The third-order valence-electron chi connectivity index (χ3n) is 3.68. The number of nitrogens with zero attached hydrogens (tertiary/aromatic N) is 1. The minimum Gasteiger partial charge on any atom is -0.465 e. The van der Waals surface area contributed by atoms with Gasteiger partial charge in [0.2, 0.25) is 6.79 Å². The number of rotatable bonds is 3. The number of methoxy groups -OCH3 is 1. The lowest BCUT2D eigenvalue weighted by atomic mass is 10.1. The molecule has 1 aliphatic rings. The summed E-state index contributed by atoms with van der Waals surface area (Å²) in [5.41, 5.74) is 1.12. The molecule has 0 saturated carbocycles. The highest BCUT2D eigenvalue weighted by Crippen LogP contribution is 2.39. The minimum atomic E-state index is -0.569. The molecule has 0 fully saturated rings. The number of hydrogen-bond donors (Lipinski definition) is 1. The van der Waals surface area contributed by atoms with Crippen LogP contribution in [0, 0.1) is 0 Å².